The summed E-state index contributed by atoms with van der Waals surface area (Å²) in [5.74, 6) is 0. The van der Waals surface area contributed by atoms with Gasteiger partial charge in [-0.2, -0.15) is 0 Å². The Balaban J connectivity index is 1.95. The van der Waals surface area contributed by atoms with Gasteiger partial charge in [0.05, 0.1) is 19.3 Å². The molecule has 1 heterocycles. The monoisotopic (exact) mass is 136 g/mol. The molecule has 0 aromatic carbocycles. The Hall–Kier alpha value is -0.0200. The van der Waals surface area contributed by atoms with E-state index in [9.17, 15) is 4.57 Å². The summed E-state index contributed by atoms with van der Waals surface area (Å²) in [5, 5.41) is 2.35. The van der Waals surface area contributed by atoms with Gasteiger partial charge in [0, 0.05) is 0 Å². The van der Waals surface area contributed by atoms with Crippen LogP contribution in [0.3, 0.4) is 0 Å². The summed E-state index contributed by atoms with van der Waals surface area (Å²) < 4.78 is 14.7. The van der Waals surface area contributed by atoms with Gasteiger partial charge in [-0.05, 0) is 4.57 Å². The fourth-order valence-electron chi connectivity index (χ4n) is 0.366. The van der Waals surface area contributed by atoms with E-state index in [1.807, 2.05) is 0 Å². The van der Waals surface area contributed by atoms with Gasteiger partial charge in [0.1, 0.15) is 0 Å². The van der Waals surface area contributed by atoms with E-state index in [1.54, 1.807) is 0 Å². The third-order valence-corrected chi connectivity index (χ3v) is 1.31. The smallest absolute Gasteiger partial charge is 0.372 e. The minimum atomic E-state index is -2.17. The summed E-state index contributed by atoms with van der Waals surface area (Å²) in [7, 11) is -2.17. The van der Waals surface area contributed by atoms with Crippen LogP contribution < -0.4 is 5.09 Å². The van der Waals surface area contributed by atoms with E-state index >= 15 is 0 Å². The van der Waals surface area contributed by atoms with E-state index in [0.717, 1.165) is 6.61 Å². The molecule has 2 N–H and O–H groups in total. The molecule has 1 aliphatic heterocycles. The van der Waals surface area contributed by atoms with Gasteiger partial charge in [0.15, 0.2) is 0 Å². The van der Waals surface area contributed by atoms with Crippen molar-refractivity contribution in [1.29, 1.82) is 0 Å². The van der Waals surface area contributed by atoms with E-state index in [0.29, 0.717) is 6.54 Å². The molecule has 1 fully saturated rings. The van der Waals surface area contributed by atoms with E-state index in [4.69, 9.17) is 9.63 Å². The molecule has 0 aliphatic carbocycles. The lowest BCUT2D eigenvalue weighted by Gasteiger charge is -1.79. The molecule has 8 heavy (non-hydrogen) atoms. The van der Waals surface area contributed by atoms with Gasteiger partial charge in [-0.3, -0.25) is 0 Å². The number of ether oxygens (including phenoxy) is 1. The number of nitrogens with one attached hydrogen (secondary N) is 1. The molecule has 2 atom stereocenters. The fraction of sp³-hybridized carbons (Fsp3) is 1.00. The fourth-order valence-corrected chi connectivity index (χ4v) is 0.726. The molecular formula is C3H7NO3P+. The minimum absolute atomic E-state index is 0.182. The predicted molar refractivity (Wildman–Crippen MR) is 27.6 cm³/mol. The lowest BCUT2D eigenvalue weighted by molar-refractivity contribution is 0.402. The van der Waals surface area contributed by atoms with Crippen molar-refractivity contribution in [2.45, 2.75) is 6.10 Å². The second-order valence-electron chi connectivity index (χ2n) is 1.59. The van der Waals surface area contributed by atoms with Crippen molar-refractivity contribution >= 4 is 8.18 Å². The number of hydrogen-bond acceptors (Lipinski definition) is 2. The number of rotatable bonds is 3. The average Bonchev–Trinajstić information content (AvgIpc) is 2.41. The Morgan fingerprint density at radius 1 is 2.00 bits per heavy atom. The van der Waals surface area contributed by atoms with E-state index in [2.05, 4.69) is 5.09 Å². The third kappa shape index (κ3) is 2.33. The minimum Gasteiger partial charge on any atom is -0.372 e. The average molecular weight is 136 g/mol. The summed E-state index contributed by atoms with van der Waals surface area (Å²) in [6.45, 7) is 1.21. The highest BCUT2D eigenvalue weighted by molar-refractivity contribution is 7.35. The zero-order valence-electron chi connectivity index (χ0n) is 4.20. The van der Waals surface area contributed by atoms with Crippen LogP contribution in [0.4, 0.5) is 0 Å². The van der Waals surface area contributed by atoms with Crippen LogP contribution in [0.2, 0.25) is 0 Å². The second kappa shape index (κ2) is 2.51. The Bertz CT molecular complexity index is 103. The normalized spacial score (nSPS) is 27.6. The van der Waals surface area contributed by atoms with Crippen molar-refractivity contribution in [3.63, 3.8) is 0 Å². The molecule has 0 aromatic heterocycles. The van der Waals surface area contributed by atoms with E-state index < -0.39 is 8.18 Å². The SMILES string of the molecule is O=[P+](O)NCC1CO1. The molecule has 5 heteroatoms. The molecule has 2 unspecified atom stereocenters. The van der Waals surface area contributed by atoms with Crippen LogP contribution in [-0.4, -0.2) is 24.1 Å². The zero-order valence-corrected chi connectivity index (χ0v) is 5.10. The molecule has 0 aromatic rings. The van der Waals surface area contributed by atoms with Gasteiger partial charge in [0.25, 0.3) is 0 Å². The molecule has 0 spiro atoms. The van der Waals surface area contributed by atoms with E-state index in [1.165, 1.54) is 0 Å². The molecule has 0 bridgehead atoms. The van der Waals surface area contributed by atoms with Crippen molar-refractivity contribution in [2.24, 2.45) is 0 Å². The lowest BCUT2D eigenvalue weighted by Crippen LogP contribution is -2.10. The third-order valence-electron chi connectivity index (χ3n) is 0.857. The molecule has 1 rings (SSSR count). The molecule has 0 amide bonds. The van der Waals surface area contributed by atoms with Gasteiger partial charge in [-0.25, -0.2) is 0 Å². The molecule has 1 aliphatic rings. The van der Waals surface area contributed by atoms with Crippen LogP contribution in [0.25, 0.3) is 0 Å². The summed E-state index contributed by atoms with van der Waals surface area (Å²) in [6, 6.07) is 0. The lowest BCUT2D eigenvalue weighted by atomic mass is 10.5. The Kier molecular flexibility index (Phi) is 1.91. The highest BCUT2D eigenvalue weighted by Gasteiger charge is 2.25. The first-order valence-electron chi connectivity index (χ1n) is 2.30. The molecule has 4 nitrogen and oxygen atoms in total. The zero-order chi connectivity index (χ0) is 5.98. The van der Waals surface area contributed by atoms with Gasteiger partial charge >= 0.3 is 8.18 Å². The molecule has 46 valence electrons. The highest BCUT2D eigenvalue weighted by atomic mass is 31.1. The van der Waals surface area contributed by atoms with Crippen LogP contribution in [0.1, 0.15) is 0 Å². The van der Waals surface area contributed by atoms with Gasteiger partial charge in [0.2, 0.25) is 0 Å². The topological polar surface area (TPSA) is 61.9 Å². The largest absolute Gasteiger partial charge is 0.610 e. The Morgan fingerprint density at radius 2 is 2.62 bits per heavy atom. The Morgan fingerprint density at radius 3 is 3.00 bits per heavy atom. The quantitative estimate of drug-likeness (QED) is 0.410. The summed E-state index contributed by atoms with van der Waals surface area (Å²) in [6.07, 6.45) is 0.182. The van der Waals surface area contributed by atoms with Gasteiger partial charge < -0.3 is 4.74 Å². The predicted octanol–water partition coefficient (Wildman–Crippen LogP) is -0.376. The van der Waals surface area contributed by atoms with Crippen molar-refractivity contribution in [3.8, 4) is 0 Å². The first kappa shape index (κ1) is 6.11. The Labute approximate surface area is 47.8 Å². The van der Waals surface area contributed by atoms with E-state index in [-0.39, 0.29) is 6.10 Å². The first-order valence-corrected chi connectivity index (χ1v) is 3.51. The maximum atomic E-state index is 9.91. The van der Waals surface area contributed by atoms with Crippen LogP contribution >= 0.6 is 8.18 Å². The molecular weight excluding hydrogens is 129 g/mol. The van der Waals surface area contributed by atoms with Crippen LogP contribution in [0, 0.1) is 0 Å². The van der Waals surface area contributed by atoms with Crippen molar-refractivity contribution < 1.29 is 14.2 Å². The summed E-state index contributed by atoms with van der Waals surface area (Å²) in [5.41, 5.74) is 0. The van der Waals surface area contributed by atoms with Gasteiger partial charge in [-0.1, -0.05) is 5.09 Å². The van der Waals surface area contributed by atoms with Crippen molar-refractivity contribution in [1.82, 2.24) is 5.09 Å². The maximum Gasteiger partial charge on any atom is 0.610 e. The molecule has 1 saturated heterocycles. The number of epoxide rings is 1. The van der Waals surface area contributed by atoms with Crippen molar-refractivity contribution in [2.75, 3.05) is 13.2 Å². The van der Waals surface area contributed by atoms with Gasteiger partial charge in [-0.15, -0.1) is 4.89 Å². The molecule has 0 saturated carbocycles. The summed E-state index contributed by atoms with van der Waals surface area (Å²) in [4.78, 5) is 8.17. The van der Waals surface area contributed by atoms with Crippen LogP contribution in [0.5, 0.6) is 0 Å². The van der Waals surface area contributed by atoms with Crippen LogP contribution in [0.15, 0.2) is 0 Å². The second-order valence-corrected chi connectivity index (χ2v) is 2.45. The number of hydrogen-bond donors (Lipinski definition) is 2. The molecule has 0 radical (unpaired) electrons. The summed E-state index contributed by atoms with van der Waals surface area (Å²) >= 11 is 0. The maximum absolute atomic E-state index is 9.91. The van der Waals surface area contributed by atoms with Crippen molar-refractivity contribution in [3.05, 3.63) is 0 Å². The first-order chi connectivity index (χ1) is 3.79. The highest BCUT2D eigenvalue weighted by Crippen LogP contribution is 2.11. The standard InChI is InChI=1S/C3H6NO3P/c5-8(6)4-1-3-2-7-3/h3H,1-2H2,(H-,4,5,6)/p+1. The van der Waals surface area contributed by atoms with Crippen LogP contribution in [-0.2, 0) is 9.30 Å².